The van der Waals surface area contributed by atoms with E-state index in [4.69, 9.17) is 0 Å². The minimum atomic E-state index is -0.411. The Morgan fingerprint density at radius 2 is 2.21 bits per heavy atom. The Bertz CT molecular complexity index is 516. The smallest absolute Gasteiger partial charge is 0.160 e. The zero-order valence-electron chi connectivity index (χ0n) is 7.91. The van der Waals surface area contributed by atoms with E-state index in [-0.39, 0.29) is 5.78 Å². The summed E-state index contributed by atoms with van der Waals surface area (Å²) in [6.45, 7) is 1.42. The summed E-state index contributed by atoms with van der Waals surface area (Å²) in [5.41, 5.74) is 1.02. The lowest BCUT2D eigenvalue weighted by Crippen LogP contribution is -1.95. The monoisotopic (exact) mass is 192 g/mol. The van der Waals surface area contributed by atoms with Gasteiger partial charge < -0.3 is 0 Å². The van der Waals surface area contributed by atoms with Crippen LogP contribution in [-0.4, -0.2) is 15.6 Å². The van der Waals surface area contributed by atoms with Crippen molar-refractivity contribution < 1.29 is 9.18 Å². The number of carbonyl (C=O) groups is 1. The van der Waals surface area contributed by atoms with Crippen molar-refractivity contribution in [1.82, 2.24) is 9.78 Å². The Morgan fingerprint density at radius 1 is 1.50 bits per heavy atom. The molecule has 0 fully saturated rings. The van der Waals surface area contributed by atoms with E-state index < -0.39 is 5.82 Å². The number of hydrogen-bond donors (Lipinski definition) is 0. The number of halogens is 1. The first kappa shape index (κ1) is 8.87. The normalized spacial score (nSPS) is 10.8. The fraction of sp³-hybridized carbons (Fsp3) is 0.200. The number of Topliss-reactive ketones (excluding diaryl/α,β-unsaturated/α-hetero) is 1. The van der Waals surface area contributed by atoms with Gasteiger partial charge in [0.25, 0.3) is 0 Å². The van der Waals surface area contributed by atoms with E-state index in [9.17, 15) is 9.18 Å². The van der Waals surface area contributed by atoms with E-state index in [0.717, 1.165) is 0 Å². The quantitative estimate of drug-likeness (QED) is 0.647. The van der Waals surface area contributed by atoms with Crippen LogP contribution in [0.2, 0.25) is 0 Å². The topological polar surface area (TPSA) is 34.9 Å². The number of rotatable bonds is 1. The number of ketones is 1. The summed E-state index contributed by atoms with van der Waals surface area (Å²) in [7, 11) is 1.71. The second-order valence-electron chi connectivity index (χ2n) is 3.21. The van der Waals surface area contributed by atoms with Crippen molar-refractivity contribution in [3.05, 3.63) is 29.7 Å². The summed E-state index contributed by atoms with van der Waals surface area (Å²) in [6, 6.07) is 2.61. The molecule has 0 saturated heterocycles. The third-order valence-electron chi connectivity index (χ3n) is 2.21. The molecule has 0 amide bonds. The van der Waals surface area contributed by atoms with Gasteiger partial charge in [0, 0.05) is 18.0 Å². The molecule has 0 atom stereocenters. The van der Waals surface area contributed by atoms with Crippen LogP contribution in [0.15, 0.2) is 18.3 Å². The molecule has 1 aromatic heterocycles. The van der Waals surface area contributed by atoms with Gasteiger partial charge in [-0.15, -0.1) is 0 Å². The van der Waals surface area contributed by atoms with Crippen molar-refractivity contribution >= 4 is 16.7 Å². The number of aromatic nitrogens is 2. The Hall–Kier alpha value is -1.71. The van der Waals surface area contributed by atoms with Gasteiger partial charge in [0.2, 0.25) is 0 Å². The van der Waals surface area contributed by atoms with Crippen LogP contribution in [0.3, 0.4) is 0 Å². The Labute approximate surface area is 80.1 Å². The van der Waals surface area contributed by atoms with Crippen molar-refractivity contribution in [3.8, 4) is 0 Å². The van der Waals surface area contributed by atoms with E-state index in [1.54, 1.807) is 17.9 Å². The second kappa shape index (κ2) is 2.90. The highest BCUT2D eigenvalue weighted by molar-refractivity contribution is 6.06. The molecular formula is C10H9FN2O. The summed E-state index contributed by atoms with van der Waals surface area (Å²) in [4.78, 5) is 11.2. The largest absolute Gasteiger partial charge is 0.294 e. The lowest BCUT2D eigenvalue weighted by atomic mass is 10.1. The molecule has 0 aliphatic carbocycles. The molecule has 72 valence electrons. The number of fused-ring (bicyclic) bond motifs is 1. The minimum Gasteiger partial charge on any atom is -0.294 e. The molecule has 3 nitrogen and oxygen atoms in total. The molecule has 14 heavy (non-hydrogen) atoms. The van der Waals surface area contributed by atoms with Crippen LogP contribution >= 0.6 is 0 Å². The molecule has 2 rings (SSSR count). The van der Waals surface area contributed by atoms with Crippen molar-refractivity contribution in [3.63, 3.8) is 0 Å². The third kappa shape index (κ3) is 1.19. The van der Waals surface area contributed by atoms with Crippen LogP contribution in [0, 0.1) is 5.82 Å². The Kier molecular flexibility index (Phi) is 1.84. The SMILES string of the molecule is CC(=O)c1cc(F)cc2c1cnn2C. The van der Waals surface area contributed by atoms with Crippen molar-refractivity contribution in [1.29, 1.82) is 0 Å². The van der Waals surface area contributed by atoms with E-state index in [2.05, 4.69) is 5.10 Å². The van der Waals surface area contributed by atoms with Gasteiger partial charge in [-0.05, 0) is 19.1 Å². The molecule has 0 N–H and O–H groups in total. The van der Waals surface area contributed by atoms with Crippen LogP contribution in [0.25, 0.3) is 10.9 Å². The summed E-state index contributed by atoms with van der Waals surface area (Å²) in [5, 5.41) is 4.67. The molecule has 0 unspecified atom stereocenters. The molecule has 1 aromatic carbocycles. The summed E-state index contributed by atoms with van der Waals surface area (Å²) in [5.74, 6) is -0.561. The molecule has 4 heteroatoms. The summed E-state index contributed by atoms with van der Waals surface area (Å²) in [6.07, 6.45) is 1.57. The van der Waals surface area contributed by atoms with Crippen molar-refractivity contribution in [2.75, 3.05) is 0 Å². The average Bonchev–Trinajstić information content (AvgIpc) is 2.47. The maximum absolute atomic E-state index is 13.1. The average molecular weight is 192 g/mol. The number of carbonyl (C=O) groups excluding carboxylic acids is 1. The van der Waals surface area contributed by atoms with Gasteiger partial charge in [-0.2, -0.15) is 5.10 Å². The molecule has 0 aliphatic heterocycles. The zero-order valence-corrected chi connectivity index (χ0v) is 7.91. The molecule has 2 aromatic rings. The molecule has 1 heterocycles. The lowest BCUT2D eigenvalue weighted by molar-refractivity contribution is 0.101. The van der Waals surface area contributed by atoms with Crippen molar-refractivity contribution in [2.45, 2.75) is 6.92 Å². The fourth-order valence-corrected chi connectivity index (χ4v) is 1.50. The van der Waals surface area contributed by atoms with Gasteiger partial charge in [0.05, 0.1) is 11.7 Å². The molecule has 0 aliphatic rings. The minimum absolute atomic E-state index is 0.150. The predicted molar refractivity (Wildman–Crippen MR) is 50.7 cm³/mol. The first-order valence-electron chi connectivity index (χ1n) is 4.22. The highest BCUT2D eigenvalue weighted by Crippen LogP contribution is 2.20. The molecule has 0 spiro atoms. The molecular weight excluding hydrogens is 183 g/mol. The van der Waals surface area contributed by atoms with Crippen LogP contribution in [0.1, 0.15) is 17.3 Å². The van der Waals surface area contributed by atoms with Crippen LogP contribution < -0.4 is 0 Å². The maximum Gasteiger partial charge on any atom is 0.160 e. The van der Waals surface area contributed by atoms with Gasteiger partial charge in [-0.1, -0.05) is 0 Å². The summed E-state index contributed by atoms with van der Waals surface area (Å²) < 4.78 is 14.7. The molecule has 0 bridgehead atoms. The van der Waals surface area contributed by atoms with Gasteiger partial charge in [-0.25, -0.2) is 4.39 Å². The highest BCUT2D eigenvalue weighted by Gasteiger charge is 2.10. The second-order valence-corrected chi connectivity index (χ2v) is 3.21. The van der Waals surface area contributed by atoms with E-state index in [1.807, 2.05) is 0 Å². The first-order chi connectivity index (χ1) is 6.59. The van der Waals surface area contributed by atoms with Gasteiger partial charge in [0.1, 0.15) is 5.82 Å². The standard InChI is InChI=1S/C10H9FN2O/c1-6(14)8-3-7(11)4-10-9(8)5-12-13(10)2/h3-5H,1-2H3. The number of nitrogens with zero attached hydrogens (tertiary/aromatic N) is 2. The summed E-state index contributed by atoms with van der Waals surface area (Å²) >= 11 is 0. The maximum atomic E-state index is 13.1. The van der Waals surface area contributed by atoms with Gasteiger partial charge in [0.15, 0.2) is 5.78 Å². The van der Waals surface area contributed by atoms with E-state index >= 15 is 0 Å². The number of aryl methyl sites for hydroxylation is 1. The number of benzene rings is 1. The van der Waals surface area contributed by atoms with Crippen LogP contribution in [0.5, 0.6) is 0 Å². The lowest BCUT2D eigenvalue weighted by Gasteiger charge is -1.99. The van der Waals surface area contributed by atoms with Crippen LogP contribution in [0.4, 0.5) is 4.39 Å². The molecule has 0 saturated carbocycles. The Balaban J connectivity index is 2.88. The molecule has 0 radical (unpaired) electrons. The van der Waals surface area contributed by atoms with Gasteiger partial charge in [-0.3, -0.25) is 9.48 Å². The zero-order chi connectivity index (χ0) is 10.3. The first-order valence-corrected chi connectivity index (χ1v) is 4.22. The highest BCUT2D eigenvalue weighted by atomic mass is 19.1. The van der Waals surface area contributed by atoms with Crippen LogP contribution in [-0.2, 0) is 7.05 Å². The Morgan fingerprint density at radius 3 is 2.86 bits per heavy atom. The number of hydrogen-bond acceptors (Lipinski definition) is 2. The predicted octanol–water partition coefficient (Wildman–Crippen LogP) is 1.91. The fourth-order valence-electron chi connectivity index (χ4n) is 1.50. The third-order valence-corrected chi connectivity index (χ3v) is 2.21. The van der Waals surface area contributed by atoms with E-state index in [1.165, 1.54) is 19.1 Å². The van der Waals surface area contributed by atoms with Crippen molar-refractivity contribution in [2.24, 2.45) is 7.05 Å². The van der Waals surface area contributed by atoms with E-state index in [0.29, 0.717) is 16.5 Å². The van der Waals surface area contributed by atoms with Gasteiger partial charge >= 0.3 is 0 Å².